The molecule has 4 heterocycles. The molecule has 1 atom stereocenters. The Balaban J connectivity index is 1.43. The number of fused-ring (bicyclic) bond motifs is 1. The van der Waals surface area contributed by atoms with Gasteiger partial charge >= 0.3 is 0 Å². The molecule has 2 N–H and O–H groups in total. The molecule has 178 valence electrons. The molecule has 1 aliphatic heterocycles. The highest BCUT2D eigenvalue weighted by Crippen LogP contribution is 2.34. The molecule has 0 aliphatic carbocycles. The molecule has 1 aromatic carbocycles. The van der Waals surface area contributed by atoms with Gasteiger partial charge in [0, 0.05) is 30.9 Å². The summed E-state index contributed by atoms with van der Waals surface area (Å²) in [6.07, 6.45) is 6.09. The minimum atomic E-state index is -0.313. The average Bonchev–Trinajstić information content (AvgIpc) is 3.28. The molecule has 1 amide bonds. The van der Waals surface area contributed by atoms with Gasteiger partial charge in [0.15, 0.2) is 5.65 Å². The second kappa shape index (κ2) is 9.49. The summed E-state index contributed by atoms with van der Waals surface area (Å²) in [7, 11) is 0. The van der Waals surface area contributed by atoms with Crippen LogP contribution in [0, 0.1) is 5.82 Å². The average molecular weight is 474 g/mol. The van der Waals surface area contributed by atoms with Gasteiger partial charge in [0.25, 0.3) is 0 Å². The third-order valence-electron chi connectivity index (χ3n) is 6.03. The van der Waals surface area contributed by atoms with E-state index >= 15 is 0 Å². The van der Waals surface area contributed by atoms with Crippen LogP contribution in [-0.4, -0.2) is 48.6 Å². The number of nitrogen functional groups attached to an aromatic ring is 1. The molecule has 0 saturated carbocycles. The monoisotopic (exact) mass is 473 g/mol. The number of anilines is 1. The molecule has 0 bridgehead atoms. The second-order valence-electron chi connectivity index (χ2n) is 8.34. The molecule has 0 radical (unpaired) electrons. The summed E-state index contributed by atoms with van der Waals surface area (Å²) in [4.78, 5) is 26.9. The van der Waals surface area contributed by atoms with Crippen LogP contribution in [0.5, 0.6) is 5.88 Å². The molecule has 35 heavy (non-hydrogen) atoms. The SMILES string of the molecule is C=CC(=O)N1CCCC(n2nc(-c3ccc(OCc4cccc(F)c4)nc3)c3c(N)ncnc32)C1. The van der Waals surface area contributed by atoms with Crippen LogP contribution < -0.4 is 10.5 Å². The van der Waals surface area contributed by atoms with Gasteiger partial charge in [-0.1, -0.05) is 18.7 Å². The van der Waals surface area contributed by atoms with Gasteiger partial charge < -0.3 is 15.4 Å². The lowest BCUT2D eigenvalue weighted by Crippen LogP contribution is -2.40. The van der Waals surface area contributed by atoms with Gasteiger partial charge in [-0.05, 0) is 42.7 Å². The molecule has 4 aromatic rings. The predicted molar refractivity (Wildman–Crippen MR) is 129 cm³/mol. The third-order valence-corrected chi connectivity index (χ3v) is 6.03. The summed E-state index contributed by atoms with van der Waals surface area (Å²) in [5.74, 6) is 0.305. The first-order chi connectivity index (χ1) is 17.0. The van der Waals surface area contributed by atoms with Crippen molar-refractivity contribution in [3.05, 3.63) is 73.0 Å². The molecule has 10 heteroatoms. The van der Waals surface area contributed by atoms with E-state index in [9.17, 15) is 9.18 Å². The van der Waals surface area contributed by atoms with E-state index in [-0.39, 0.29) is 24.4 Å². The van der Waals surface area contributed by atoms with Crippen LogP contribution in [0.4, 0.5) is 10.2 Å². The number of carbonyl (C=O) groups is 1. The van der Waals surface area contributed by atoms with Crippen molar-refractivity contribution in [3.63, 3.8) is 0 Å². The van der Waals surface area contributed by atoms with Crippen molar-refractivity contribution >= 4 is 22.8 Å². The van der Waals surface area contributed by atoms with Crippen LogP contribution in [0.2, 0.25) is 0 Å². The minimum absolute atomic E-state index is 0.0555. The summed E-state index contributed by atoms with van der Waals surface area (Å²) < 4.78 is 20.9. The van der Waals surface area contributed by atoms with Crippen molar-refractivity contribution in [2.45, 2.75) is 25.5 Å². The molecular weight excluding hydrogens is 449 g/mol. The van der Waals surface area contributed by atoms with Crippen molar-refractivity contribution in [3.8, 4) is 17.1 Å². The topological polar surface area (TPSA) is 112 Å². The third kappa shape index (κ3) is 4.54. The Bertz CT molecular complexity index is 1390. The number of pyridine rings is 1. The molecule has 1 aliphatic rings. The maximum Gasteiger partial charge on any atom is 0.246 e. The standard InChI is InChI=1S/C25H24FN7O2/c1-2-21(34)32-10-4-7-19(13-32)33-25-22(24(27)29-15-30-25)23(31-33)17-8-9-20(28-12-17)35-14-16-5-3-6-18(26)11-16/h2-3,5-6,8-9,11-12,15,19H,1,4,7,10,13-14H2,(H2,27,29,30). The highest BCUT2D eigenvalue weighted by atomic mass is 19.1. The fourth-order valence-electron chi connectivity index (χ4n) is 4.33. The van der Waals surface area contributed by atoms with Crippen LogP contribution in [0.3, 0.4) is 0 Å². The summed E-state index contributed by atoms with van der Waals surface area (Å²) in [5, 5.41) is 5.48. The Morgan fingerprint density at radius 1 is 1.26 bits per heavy atom. The van der Waals surface area contributed by atoms with Crippen molar-refractivity contribution in [2.75, 3.05) is 18.8 Å². The van der Waals surface area contributed by atoms with Crippen LogP contribution >= 0.6 is 0 Å². The highest BCUT2D eigenvalue weighted by Gasteiger charge is 2.28. The van der Waals surface area contributed by atoms with Crippen molar-refractivity contribution in [1.82, 2.24) is 29.6 Å². The van der Waals surface area contributed by atoms with Gasteiger partial charge in [-0.3, -0.25) is 4.79 Å². The smallest absolute Gasteiger partial charge is 0.246 e. The van der Waals surface area contributed by atoms with Crippen molar-refractivity contribution < 1.29 is 13.9 Å². The van der Waals surface area contributed by atoms with E-state index in [0.717, 1.165) is 18.4 Å². The molecule has 3 aromatic heterocycles. The van der Waals surface area contributed by atoms with E-state index in [1.54, 1.807) is 29.3 Å². The number of nitrogens with zero attached hydrogens (tertiary/aromatic N) is 6. The van der Waals surface area contributed by atoms with E-state index < -0.39 is 0 Å². The molecule has 5 rings (SSSR count). The number of hydrogen-bond acceptors (Lipinski definition) is 7. The fourth-order valence-corrected chi connectivity index (χ4v) is 4.33. The Labute approximate surface area is 201 Å². The Morgan fingerprint density at radius 3 is 2.91 bits per heavy atom. The molecule has 1 unspecified atom stereocenters. The van der Waals surface area contributed by atoms with E-state index in [1.165, 1.54) is 24.5 Å². The Hall–Kier alpha value is -4.34. The van der Waals surface area contributed by atoms with Gasteiger partial charge in [0.2, 0.25) is 11.8 Å². The number of hydrogen-bond donors (Lipinski definition) is 1. The lowest BCUT2D eigenvalue weighted by Gasteiger charge is -2.32. The number of carbonyl (C=O) groups excluding carboxylic acids is 1. The minimum Gasteiger partial charge on any atom is -0.473 e. The van der Waals surface area contributed by atoms with Gasteiger partial charge in [-0.15, -0.1) is 0 Å². The predicted octanol–water partition coefficient (Wildman–Crippen LogP) is 3.54. The van der Waals surface area contributed by atoms with E-state index in [0.29, 0.717) is 47.1 Å². The molecule has 0 spiro atoms. The molecule has 1 saturated heterocycles. The Kier molecular flexibility index (Phi) is 6.09. The highest BCUT2D eigenvalue weighted by molar-refractivity contribution is 5.98. The van der Waals surface area contributed by atoms with Gasteiger partial charge in [-0.25, -0.2) is 24.0 Å². The largest absolute Gasteiger partial charge is 0.473 e. The first-order valence-corrected chi connectivity index (χ1v) is 11.3. The van der Waals surface area contributed by atoms with E-state index in [1.807, 2.05) is 10.7 Å². The molecular formula is C25H24FN7O2. The summed E-state index contributed by atoms with van der Waals surface area (Å²) in [5.41, 5.74) is 8.88. The van der Waals surface area contributed by atoms with Gasteiger partial charge in [-0.2, -0.15) is 5.10 Å². The first-order valence-electron chi connectivity index (χ1n) is 11.3. The maximum absolute atomic E-state index is 13.4. The number of likely N-dealkylation sites (tertiary alicyclic amines) is 1. The van der Waals surface area contributed by atoms with E-state index in [2.05, 4.69) is 21.5 Å². The van der Waals surface area contributed by atoms with Crippen molar-refractivity contribution in [1.29, 1.82) is 0 Å². The number of rotatable bonds is 6. The maximum atomic E-state index is 13.4. The number of piperidine rings is 1. The zero-order valence-electron chi connectivity index (χ0n) is 19.0. The van der Waals surface area contributed by atoms with Crippen LogP contribution in [0.15, 0.2) is 61.6 Å². The zero-order valence-corrected chi connectivity index (χ0v) is 19.0. The number of halogens is 1. The van der Waals surface area contributed by atoms with Crippen LogP contribution in [0.1, 0.15) is 24.4 Å². The number of ether oxygens (including phenoxy) is 1. The number of nitrogens with two attached hydrogens (primary N) is 1. The summed E-state index contributed by atoms with van der Waals surface area (Å²) >= 11 is 0. The number of benzene rings is 1. The van der Waals surface area contributed by atoms with Crippen LogP contribution in [-0.2, 0) is 11.4 Å². The van der Waals surface area contributed by atoms with Gasteiger partial charge in [0.1, 0.15) is 30.3 Å². The lowest BCUT2D eigenvalue weighted by molar-refractivity contribution is -0.127. The summed E-state index contributed by atoms with van der Waals surface area (Å²) in [6, 6.07) is 9.74. The van der Waals surface area contributed by atoms with Gasteiger partial charge in [0.05, 0.1) is 11.4 Å². The quantitative estimate of drug-likeness (QED) is 0.426. The molecule has 1 fully saturated rings. The van der Waals surface area contributed by atoms with Crippen molar-refractivity contribution in [2.24, 2.45) is 0 Å². The normalized spacial score (nSPS) is 15.8. The first kappa shape index (κ1) is 22.5. The second-order valence-corrected chi connectivity index (χ2v) is 8.34. The summed E-state index contributed by atoms with van der Waals surface area (Å²) in [6.45, 7) is 4.99. The lowest BCUT2D eigenvalue weighted by atomic mass is 10.1. The zero-order chi connectivity index (χ0) is 24.4. The fraction of sp³-hybridized carbons (Fsp3) is 0.240. The van der Waals surface area contributed by atoms with E-state index in [4.69, 9.17) is 15.6 Å². The molecule has 9 nitrogen and oxygen atoms in total. The van der Waals surface area contributed by atoms with Crippen LogP contribution in [0.25, 0.3) is 22.3 Å². The number of amides is 1. The number of aromatic nitrogens is 5. The Morgan fingerprint density at radius 2 is 2.14 bits per heavy atom.